The Labute approximate surface area is 187 Å². The van der Waals surface area contributed by atoms with E-state index in [0.717, 1.165) is 11.5 Å². The fraction of sp³-hybridized carbons (Fsp3) is 0.556. The molecule has 0 saturated heterocycles. The number of hydrogen-bond acceptors (Lipinski definition) is 4. The fourth-order valence-electron chi connectivity index (χ4n) is 4.08. The molecule has 0 spiro atoms. The Morgan fingerprint density at radius 2 is 1.68 bits per heavy atom. The topological polar surface area (TPSA) is 52.6 Å². The van der Waals surface area contributed by atoms with Crippen LogP contribution in [0.15, 0.2) is 42.5 Å². The van der Waals surface area contributed by atoms with E-state index in [9.17, 15) is 9.59 Å². The third-order valence-corrected chi connectivity index (χ3v) is 6.00. The molecule has 170 valence electrons. The minimum absolute atomic E-state index is 0.213. The Hall–Kier alpha value is -2.36. The summed E-state index contributed by atoms with van der Waals surface area (Å²) < 4.78 is 10.1. The monoisotopic (exact) mass is 426 g/mol. The zero-order valence-electron chi connectivity index (χ0n) is 19.2. The van der Waals surface area contributed by atoms with E-state index in [4.69, 9.17) is 9.47 Å². The van der Waals surface area contributed by atoms with E-state index in [2.05, 4.69) is 37.8 Å². The molecule has 0 amide bonds. The first-order valence-corrected chi connectivity index (χ1v) is 11.8. The van der Waals surface area contributed by atoms with Crippen molar-refractivity contribution in [3.05, 3.63) is 53.6 Å². The van der Waals surface area contributed by atoms with Crippen molar-refractivity contribution in [3.8, 4) is 0 Å². The average Bonchev–Trinajstić information content (AvgIpc) is 2.78. The molecule has 0 radical (unpaired) electrons. The molecule has 1 aliphatic carbocycles. The zero-order chi connectivity index (χ0) is 22.5. The maximum absolute atomic E-state index is 11.8. The summed E-state index contributed by atoms with van der Waals surface area (Å²) >= 11 is 0. The molecule has 0 unspecified atom stereocenters. The van der Waals surface area contributed by atoms with E-state index in [0.29, 0.717) is 17.9 Å². The SMILES string of the molecule is C=C(C)C(=O)OCCCOC(=O)/C=C/c1ccc([C@H]2CC[C@H](CCCCC)CC2)cc1. The summed E-state index contributed by atoms with van der Waals surface area (Å²) in [7, 11) is 0. The first-order chi connectivity index (χ1) is 15.0. The molecule has 0 aromatic heterocycles. The molecular weight excluding hydrogens is 388 g/mol. The van der Waals surface area contributed by atoms with E-state index in [1.807, 2.05) is 0 Å². The molecule has 0 aliphatic heterocycles. The number of esters is 2. The van der Waals surface area contributed by atoms with Gasteiger partial charge in [-0.3, -0.25) is 0 Å². The smallest absolute Gasteiger partial charge is 0.333 e. The maximum Gasteiger partial charge on any atom is 0.333 e. The van der Waals surface area contributed by atoms with Crippen molar-refractivity contribution in [2.75, 3.05) is 13.2 Å². The summed E-state index contributed by atoms with van der Waals surface area (Å²) in [6, 6.07) is 8.54. The first-order valence-electron chi connectivity index (χ1n) is 11.8. The highest BCUT2D eigenvalue weighted by molar-refractivity contribution is 5.87. The van der Waals surface area contributed by atoms with Crippen molar-refractivity contribution < 1.29 is 19.1 Å². The van der Waals surface area contributed by atoms with Crippen LogP contribution in [0.5, 0.6) is 0 Å². The van der Waals surface area contributed by atoms with Crippen LogP contribution < -0.4 is 0 Å². The molecule has 0 heterocycles. The number of carbonyl (C=O) groups excluding carboxylic acids is 2. The number of ether oxygens (including phenoxy) is 2. The number of hydrogen-bond donors (Lipinski definition) is 0. The fourth-order valence-corrected chi connectivity index (χ4v) is 4.08. The summed E-state index contributed by atoms with van der Waals surface area (Å²) in [4.78, 5) is 23.1. The second-order valence-corrected chi connectivity index (χ2v) is 8.65. The van der Waals surface area contributed by atoms with Crippen molar-refractivity contribution >= 4 is 18.0 Å². The predicted molar refractivity (Wildman–Crippen MR) is 126 cm³/mol. The van der Waals surface area contributed by atoms with Gasteiger partial charge in [0.1, 0.15) is 0 Å². The van der Waals surface area contributed by atoms with Gasteiger partial charge in [-0.05, 0) is 61.6 Å². The molecule has 4 heteroatoms. The Morgan fingerprint density at radius 3 is 2.32 bits per heavy atom. The maximum atomic E-state index is 11.8. The van der Waals surface area contributed by atoms with Crippen LogP contribution in [-0.4, -0.2) is 25.2 Å². The lowest BCUT2D eigenvalue weighted by atomic mass is 9.77. The summed E-state index contributed by atoms with van der Waals surface area (Å²) in [5, 5.41) is 0. The van der Waals surface area contributed by atoms with E-state index in [1.165, 1.54) is 63.0 Å². The highest BCUT2D eigenvalue weighted by atomic mass is 16.5. The van der Waals surface area contributed by atoms with Gasteiger partial charge in [-0.25, -0.2) is 9.59 Å². The Balaban J connectivity index is 1.67. The van der Waals surface area contributed by atoms with Crippen LogP contribution in [0, 0.1) is 5.92 Å². The van der Waals surface area contributed by atoms with Crippen LogP contribution in [0.4, 0.5) is 0 Å². The van der Waals surface area contributed by atoms with Gasteiger partial charge in [-0.2, -0.15) is 0 Å². The van der Waals surface area contributed by atoms with Crippen LogP contribution in [0.25, 0.3) is 6.08 Å². The zero-order valence-corrected chi connectivity index (χ0v) is 19.2. The summed E-state index contributed by atoms with van der Waals surface area (Å²) in [6.07, 6.45) is 14.4. The standard InChI is InChI=1S/C27H38O4/c1-4-5-6-8-22-9-14-24(15-10-22)25-16-11-23(12-17-25)13-18-26(28)30-19-7-20-31-27(29)21(2)3/h11-13,16-18,22,24H,2,4-10,14-15,19-20H2,1,3H3/b18-13+/t22-,24-. The van der Waals surface area contributed by atoms with E-state index in [-0.39, 0.29) is 13.2 Å². The molecule has 31 heavy (non-hydrogen) atoms. The molecule has 2 rings (SSSR count). The lowest BCUT2D eigenvalue weighted by Gasteiger charge is -2.29. The Morgan fingerprint density at radius 1 is 1.00 bits per heavy atom. The van der Waals surface area contributed by atoms with Gasteiger partial charge in [0.05, 0.1) is 13.2 Å². The van der Waals surface area contributed by atoms with Gasteiger partial charge >= 0.3 is 11.9 Å². The second-order valence-electron chi connectivity index (χ2n) is 8.65. The van der Waals surface area contributed by atoms with Crippen molar-refractivity contribution in [3.63, 3.8) is 0 Å². The number of unbranched alkanes of at least 4 members (excludes halogenated alkanes) is 2. The highest BCUT2D eigenvalue weighted by Crippen LogP contribution is 2.37. The summed E-state index contributed by atoms with van der Waals surface area (Å²) in [5.41, 5.74) is 2.77. The van der Waals surface area contributed by atoms with Crippen molar-refractivity contribution in [2.45, 2.75) is 77.6 Å². The minimum Gasteiger partial charge on any atom is -0.462 e. The van der Waals surface area contributed by atoms with Gasteiger partial charge in [0.25, 0.3) is 0 Å². The molecule has 1 aromatic rings. The lowest BCUT2D eigenvalue weighted by Crippen LogP contribution is -2.13. The number of benzene rings is 1. The van der Waals surface area contributed by atoms with Crippen molar-refractivity contribution in [1.29, 1.82) is 0 Å². The number of carbonyl (C=O) groups is 2. The first kappa shape index (κ1) is 24.9. The van der Waals surface area contributed by atoms with E-state index in [1.54, 1.807) is 13.0 Å². The summed E-state index contributed by atoms with van der Waals surface area (Å²) in [5.74, 6) is 0.782. The predicted octanol–water partition coefficient (Wildman–Crippen LogP) is 6.61. The third kappa shape index (κ3) is 9.54. The van der Waals surface area contributed by atoms with Crippen LogP contribution in [-0.2, 0) is 19.1 Å². The molecule has 0 atom stereocenters. The van der Waals surface area contributed by atoms with E-state index >= 15 is 0 Å². The van der Waals surface area contributed by atoms with Gasteiger partial charge in [0.2, 0.25) is 0 Å². The minimum atomic E-state index is -0.422. The third-order valence-electron chi connectivity index (χ3n) is 6.00. The molecule has 0 bridgehead atoms. The van der Waals surface area contributed by atoms with Gasteiger partial charge in [-0.15, -0.1) is 0 Å². The molecule has 1 aromatic carbocycles. The summed E-state index contributed by atoms with van der Waals surface area (Å²) in [6.45, 7) is 7.81. The molecule has 1 aliphatic rings. The van der Waals surface area contributed by atoms with Crippen LogP contribution in [0.2, 0.25) is 0 Å². The molecule has 0 N–H and O–H groups in total. The molecular formula is C27H38O4. The van der Waals surface area contributed by atoms with Gasteiger partial charge in [0.15, 0.2) is 0 Å². The van der Waals surface area contributed by atoms with Gasteiger partial charge < -0.3 is 9.47 Å². The quantitative estimate of drug-likeness (QED) is 0.214. The Bertz CT molecular complexity index is 724. The Kier molecular flexibility index (Phi) is 11.1. The van der Waals surface area contributed by atoms with Crippen molar-refractivity contribution in [1.82, 2.24) is 0 Å². The lowest BCUT2D eigenvalue weighted by molar-refractivity contribution is -0.140. The second kappa shape index (κ2) is 13.8. The molecule has 1 fully saturated rings. The molecule has 4 nitrogen and oxygen atoms in total. The normalized spacial score (nSPS) is 18.6. The molecule has 1 saturated carbocycles. The average molecular weight is 427 g/mol. The highest BCUT2D eigenvalue weighted by Gasteiger charge is 2.21. The van der Waals surface area contributed by atoms with Crippen LogP contribution in [0.1, 0.15) is 88.7 Å². The van der Waals surface area contributed by atoms with Crippen LogP contribution >= 0.6 is 0 Å². The van der Waals surface area contributed by atoms with Gasteiger partial charge in [0, 0.05) is 18.1 Å². The van der Waals surface area contributed by atoms with Gasteiger partial charge in [-0.1, -0.05) is 63.5 Å². The van der Waals surface area contributed by atoms with Crippen molar-refractivity contribution in [2.24, 2.45) is 5.92 Å². The van der Waals surface area contributed by atoms with E-state index < -0.39 is 11.9 Å². The number of rotatable bonds is 12. The van der Waals surface area contributed by atoms with Crippen LogP contribution in [0.3, 0.4) is 0 Å². The largest absolute Gasteiger partial charge is 0.462 e.